The summed E-state index contributed by atoms with van der Waals surface area (Å²) in [6, 6.07) is 7.67. The van der Waals surface area contributed by atoms with E-state index in [0.29, 0.717) is 11.1 Å². The van der Waals surface area contributed by atoms with Crippen LogP contribution >= 0.6 is 35.6 Å². The Balaban J connectivity index is 0.00000256. The summed E-state index contributed by atoms with van der Waals surface area (Å²) in [6.45, 7) is 0.360. The molecule has 2 aromatic carbocycles. The third kappa shape index (κ3) is 3.64. The van der Waals surface area contributed by atoms with Crippen molar-refractivity contribution in [1.82, 2.24) is 5.32 Å². The van der Waals surface area contributed by atoms with Gasteiger partial charge in [0.05, 0.1) is 15.8 Å². The van der Waals surface area contributed by atoms with Crippen molar-refractivity contribution in [3.8, 4) is 0 Å². The van der Waals surface area contributed by atoms with E-state index in [-0.39, 0.29) is 31.2 Å². The second-order valence-corrected chi connectivity index (χ2v) is 7.85. The zero-order valence-electron chi connectivity index (χ0n) is 15.0. The van der Waals surface area contributed by atoms with Gasteiger partial charge < -0.3 is 10.2 Å². The van der Waals surface area contributed by atoms with E-state index in [4.69, 9.17) is 28.0 Å². The average molecular weight is 488 g/mol. The lowest BCUT2D eigenvalue weighted by Crippen LogP contribution is -2.53. The molecule has 1 atom stereocenters. The minimum atomic E-state index is -4.89. The van der Waals surface area contributed by atoms with Gasteiger partial charge >= 0.3 is 6.18 Å². The zero-order chi connectivity index (χ0) is 21.0. The number of nitrogens with one attached hydrogen (secondary N) is 1. The molecule has 0 bridgehead atoms. The highest BCUT2D eigenvalue weighted by Crippen LogP contribution is 2.50. The molecule has 0 spiro atoms. The predicted molar refractivity (Wildman–Crippen MR) is 106 cm³/mol. The van der Waals surface area contributed by atoms with Crippen molar-refractivity contribution in [3.63, 3.8) is 0 Å². The van der Waals surface area contributed by atoms with Crippen LogP contribution in [0.25, 0.3) is 0 Å². The molecule has 162 valence electrons. The molecular formula is C19H14Cl3F5N2O. The van der Waals surface area contributed by atoms with E-state index in [1.54, 1.807) is 0 Å². The van der Waals surface area contributed by atoms with Crippen LogP contribution in [0.1, 0.15) is 23.1 Å². The van der Waals surface area contributed by atoms with E-state index in [9.17, 15) is 22.0 Å². The maximum Gasteiger partial charge on any atom is 0.435 e. The normalized spacial score (nSPS) is 22.6. The fourth-order valence-electron chi connectivity index (χ4n) is 3.36. The van der Waals surface area contributed by atoms with Crippen molar-refractivity contribution < 1.29 is 26.8 Å². The molecular weight excluding hydrogens is 474 g/mol. The summed E-state index contributed by atoms with van der Waals surface area (Å²) in [5.41, 5.74) is -4.00. The molecule has 1 fully saturated rings. The molecule has 1 saturated heterocycles. The lowest BCUT2D eigenvalue weighted by atomic mass is 9.85. The number of halogens is 8. The highest BCUT2D eigenvalue weighted by molar-refractivity contribution is 6.35. The molecule has 30 heavy (non-hydrogen) atoms. The van der Waals surface area contributed by atoms with Gasteiger partial charge in [-0.05, 0) is 23.3 Å². The first kappa shape index (κ1) is 23.1. The lowest BCUT2D eigenvalue weighted by molar-refractivity contribution is -0.275. The second-order valence-electron chi connectivity index (χ2n) is 7.03. The van der Waals surface area contributed by atoms with Gasteiger partial charge in [-0.3, -0.25) is 0 Å². The summed E-state index contributed by atoms with van der Waals surface area (Å²) in [7, 11) is 0. The number of nitrogens with zero attached hydrogens (tertiary/aromatic N) is 1. The van der Waals surface area contributed by atoms with E-state index in [2.05, 4.69) is 10.5 Å². The summed E-state index contributed by atoms with van der Waals surface area (Å²) < 4.78 is 70.1. The van der Waals surface area contributed by atoms with Gasteiger partial charge in [0.25, 0.3) is 5.60 Å². The maximum atomic E-state index is 14.4. The van der Waals surface area contributed by atoms with Gasteiger partial charge in [-0.2, -0.15) is 13.2 Å². The molecule has 2 heterocycles. The van der Waals surface area contributed by atoms with Crippen LogP contribution in [-0.4, -0.2) is 25.0 Å². The third-order valence-corrected chi connectivity index (χ3v) is 5.73. The molecule has 2 aliphatic heterocycles. The maximum absolute atomic E-state index is 14.4. The molecule has 3 nitrogen and oxygen atoms in total. The number of benzene rings is 2. The van der Waals surface area contributed by atoms with Gasteiger partial charge in [0.2, 0.25) is 0 Å². The molecule has 2 aliphatic rings. The lowest BCUT2D eigenvalue weighted by Gasteiger charge is -2.35. The van der Waals surface area contributed by atoms with E-state index >= 15 is 0 Å². The second kappa shape index (κ2) is 7.82. The van der Waals surface area contributed by atoms with Gasteiger partial charge in [-0.1, -0.05) is 52.6 Å². The molecule has 4 rings (SSSR count). The van der Waals surface area contributed by atoms with Crippen molar-refractivity contribution in [1.29, 1.82) is 0 Å². The van der Waals surface area contributed by atoms with Gasteiger partial charge in [-0.25, -0.2) is 8.78 Å². The standard InChI is InChI=1S/C19H13Cl2F5N2O.ClH/c20-13-5-12(6-14(21)16(13)22)18(19(24,25)26)7-15(28-29-18)10-1-3-11(4-2-10)17(23)8-27-9-17;/h1-6,27H,7-9H2;1H. The first-order chi connectivity index (χ1) is 13.6. The van der Waals surface area contributed by atoms with Crippen LogP contribution < -0.4 is 5.32 Å². The largest absolute Gasteiger partial charge is 0.435 e. The van der Waals surface area contributed by atoms with E-state index in [1.165, 1.54) is 24.3 Å². The molecule has 0 saturated carbocycles. The minimum Gasteiger partial charge on any atom is -0.374 e. The van der Waals surface area contributed by atoms with E-state index in [0.717, 1.165) is 12.1 Å². The Morgan fingerprint density at radius 2 is 1.57 bits per heavy atom. The number of hydrogen-bond acceptors (Lipinski definition) is 3. The topological polar surface area (TPSA) is 33.6 Å². The van der Waals surface area contributed by atoms with Gasteiger partial charge in [0.15, 0.2) is 11.5 Å². The summed E-state index contributed by atoms with van der Waals surface area (Å²) in [5, 5.41) is 5.35. The fourth-order valence-corrected chi connectivity index (χ4v) is 3.84. The molecule has 1 N–H and O–H groups in total. The summed E-state index contributed by atoms with van der Waals surface area (Å²) >= 11 is 11.4. The van der Waals surface area contributed by atoms with Crippen molar-refractivity contribution in [2.45, 2.75) is 23.9 Å². The molecule has 1 unspecified atom stereocenters. The van der Waals surface area contributed by atoms with Crippen molar-refractivity contribution in [2.24, 2.45) is 5.16 Å². The predicted octanol–water partition coefficient (Wildman–Crippen LogP) is 5.90. The van der Waals surface area contributed by atoms with Gasteiger partial charge in [-0.15, -0.1) is 12.4 Å². The van der Waals surface area contributed by atoms with Crippen molar-refractivity contribution in [2.75, 3.05) is 13.1 Å². The third-order valence-electron chi connectivity index (χ3n) is 5.18. The number of rotatable bonds is 3. The summed E-state index contributed by atoms with van der Waals surface area (Å²) in [6.07, 6.45) is -5.56. The van der Waals surface area contributed by atoms with Gasteiger partial charge in [0, 0.05) is 25.1 Å². The Morgan fingerprint density at radius 3 is 2.03 bits per heavy atom. The van der Waals surface area contributed by atoms with Crippen molar-refractivity contribution in [3.05, 3.63) is 69.0 Å². The smallest absolute Gasteiger partial charge is 0.374 e. The fraction of sp³-hybridized carbons (Fsp3) is 0.316. The van der Waals surface area contributed by atoms with Crippen LogP contribution in [0, 0.1) is 5.82 Å². The first-order valence-corrected chi connectivity index (χ1v) is 9.29. The van der Waals surface area contributed by atoms with Crippen molar-refractivity contribution >= 4 is 41.3 Å². The Labute approximate surface area is 184 Å². The monoisotopic (exact) mass is 486 g/mol. The first-order valence-electron chi connectivity index (χ1n) is 8.53. The number of alkyl halides is 4. The molecule has 2 aromatic rings. The summed E-state index contributed by atoms with van der Waals surface area (Å²) in [4.78, 5) is 4.88. The summed E-state index contributed by atoms with van der Waals surface area (Å²) in [5.74, 6) is -1.02. The molecule has 11 heteroatoms. The Bertz CT molecular complexity index is 970. The quantitative estimate of drug-likeness (QED) is 0.432. The molecule has 0 aromatic heterocycles. The zero-order valence-corrected chi connectivity index (χ0v) is 17.3. The average Bonchev–Trinajstić information content (AvgIpc) is 3.11. The molecule has 0 radical (unpaired) electrons. The highest BCUT2D eigenvalue weighted by atomic mass is 35.5. The van der Waals surface area contributed by atoms with E-state index < -0.39 is 45.3 Å². The molecule has 0 amide bonds. The minimum absolute atomic E-state index is 0. The number of hydrogen-bond donors (Lipinski definition) is 1. The van der Waals surface area contributed by atoms with Crippen LogP contribution in [0.4, 0.5) is 22.0 Å². The van der Waals surface area contributed by atoms with Crippen LogP contribution in [0.3, 0.4) is 0 Å². The molecule has 0 aliphatic carbocycles. The van der Waals surface area contributed by atoms with Crippen LogP contribution in [-0.2, 0) is 16.1 Å². The van der Waals surface area contributed by atoms with E-state index in [1.807, 2.05) is 0 Å². The van der Waals surface area contributed by atoms with Gasteiger partial charge in [0.1, 0.15) is 0 Å². The van der Waals surface area contributed by atoms with Crippen LogP contribution in [0.5, 0.6) is 0 Å². The number of oxime groups is 1. The van der Waals surface area contributed by atoms with Crippen LogP contribution in [0.2, 0.25) is 10.0 Å². The SMILES string of the molecule is Cl.Fc1c(Cl)cc(C2(C(F)(F)F)CC(c3ccc(C4(F)CNC4)cc3)=NO2)cc1Cl. The Kier molecular flexibility index (Phi) is 6.01. The Morgan fingerprint density at radius 1 is 1.00 bits per heavy atom. The van der Waals surface area contributed by atoms with Crippen LogP contribution in [0.15, 0.2) is 41.6 Å². The Hall–Kier alpha value is -1.61. The highest BCUT2D eigenvalue weighted by Gasteiger charge is 2.62.